The topological polar surface area (TPSA) is 70.7 Å². The Morgan fingerprint density at radius 2 is 1.74 bits per heavy atom. The van der Waals surface area contributed by atoms with Gasteiger partial charge in [0.25, 0.3) is 0 Å². The molecule has 152 valence electrons. The number of carbonyl (C=O) groups excluding carboxylic acids is 2. The molecule has 0 radical (unpaired) electrons. The van der Waals surface area contributed by atoms with E-state index < -0.39 is 0 Å². The summed E-state index contributed by atoms with van der Waals surface area (Å²) >= 11 is 1.93. The van der Waals surface area contributed by atoms with Crippen molar-refractivity contribution in [2.75, 3.05) is 31.2 Å². The SMILES string of the molecule is CC1(C)[C@H](NC(=O)NC2CCC(C(=O)N3CCSCC3)CC2)[C@@H]2CCO[C@@H]21. The highest BCUT2D eigenvalue weighted by atomic mass is 32.2. The van der Waals surface area contributed by atoms with Crippen molar-refractivity contribution >= 4 is 23.7 Å². The minimum Gasteiger partial charge on any atom is -0.377 e. The number of rotatable bonds is 3. The molecular formula is C20H33N3O3S. The van der Waals surface area contributed by atoms with E-state index >= 15 is 0 Å². The Labute approximate surface area is 166 Å². The number of ether oxygens (including phenoxy) is 1. The fourth-order valence-corrected chi connectivity index (χ4v) is 6.42. The summed E-state index contributed by atoms with van der Waals surface area (Å²) in [5.41, 5.74) is 0.00924. The van der Waals surface area contributed by atoms with Crippen LogP contribution in [0, 0.1) is 17.3 Å². The molecule has 0 spiro atoms. The average Bonchev–Trinajstić information content (AvgIpc) is 3.14. The predicted molar refractivity (Wildman–Crippen MR) is 107 cm³/mol. The van der Waals surface area contributed by atoms with Crippen LogP contribution in [0.25, 0.3) is 0 Å². The third kappa shape index (κ3) is 3.82. The lowest BCUT2D eigenvalue weighted by Gasteiger charge is -2.54. The molecule has 2 aliphatic carbocycles. The van der Waals surface area contributed by atoms with E-state index in [-0.39, 0.29) is 35.6 Å². The number of hydrogen-bond donors (Lipinski definition) is 2. The van der Waals surface area contributed by atoms with Gasteiger partial charge < -0.3 is 20.3 Å². The number of hydrogen-bond acceptors (Lipinski definition) is 4. The molecule has 2 heterocycles. The number of urea groups is 1. The van der Waals surface area contributed by atoms with Gasteiger partial charge in [-0.15, -0.1) is 0 Å². The zero-order chi connectivity index (χ0) is 19.0. The summed E-state index contributed by atoms with van der Waals surface area (Å²) in [5, 5.41) is 6.36. The van der Waals surface area contributed by atoms with Crippen LogP contribution in [0.15, 0.2) is 0 Å². The molecule has 4 aliphatic rings. The summed E-state index contributed by atoms with van der Waals surface area (Å²) in [4.78, 5) is 27.2. The van der Waals surface area contributed by atoms with Crippen LogP contribution in [-0.2, 0) is 9.53 Å². The van der Waals surface area contributed by atoms with Crippen LogP contribution in [0.2, 0.25) is 0 Å². The number of carbonyl (C=O) groups is 2. The Hall–Kier alpha value is -0.950. The molecule has 0 aromatic rings. The largest absolute Gasteiger partial charge is 0.377 e. The van der Waals surface area contributed by atoms with Crippen molar-refractivity contribution in [3.05, 3.63) is 0 Å². The third-order valence-corrected chi connectivity index (χ3v) is 8.06. The molecule has 27 heavy (non-hydrogen) atoms. The second-order valence-electron chi connectivity index (χ2n) is 9.15. The lowest BCUT2D eigenvalue weighted by Crippen LogP contribution is -2.68. The monoisotopic (exact) mass is 395 g/mol. The summed E-state index contributed by atoms with van der Waals surface area (Å²) < 4.78 is 5.80. The summed E-state index contributed by atoms with van der Waals surface area (Å²) in [7, 11) is 0. The van der Waals surface area contributed by atoms with Crippen molar-refractivity contribution in [1.82, 2.24) is 15.5 Å². The van der Waals surface area contributed by atoms with Gasteiger partial charge in [-0.05, 0) is 32.1 Å². The molecule has 3 atom stereocenters. The molecule has 7 heteroatoms. The highest BCUT2D eigenvalue weighted by Crippen LogP contribution is 2.52. The van der Waals surface area contributed by atoms with Crippen LogP contribution in [0.5, 0.6) is 0 Å². The van der Waals surface area contributed by atoms with Crippen molar-refractivity contribution in [1.29, 1.82) is 0 Å². The maximum Gasteiger partial charge on any atom is 0.315 e. The van der Waals surface area contributed by atoms with E-state index in [0.717, 1.165) is 63.3 Å². The number of nitrogens with zero attached hydrogens (tertiary/aromatic N) is 1. The molecule has 2 N–H and O–H groups in total. The summed E-state index contributed by atoms with van der Waals surface area (Å²) in [6.45, 7) is 6.97. The highest BCUT2D eigenvalue weighted by molar-refractivity contribution is 7.99. The van der Waals surface area contributed by atoms with Gasteiger partial charge in [-0.25, -0.2) is 4.79 Å². The standard InChI is InChI=1S/C20H33N3O3S/c1-20(2)16(15-7-10-26-17(15)20)22-19(25)21-14-5-3-13(4-6-14)18(24)23-8-11-27-12-9-23/h13-17H,3-12H2,1-2H3,(H2,21,22,25)/t13?,14?,15-,16+,17-/m0/s1. The summed E-state index contributed by atoms with van der Waals surface area (Å²) in [6, 6.07) is 0.325. The van der Waals surface area contributed by atoms with Crippen molar-refractivity contribution < 1.29 is 14.3 Å². The van der Waals surface area contributed by atoms with Crippen molar-refractivity contribution in [2.24, 2.45) is 17.3 Å². The van der Waals surface area contributed by atoms with Gasteiger partial charge in [-0.1, -0.05) is 13.8 Å². The quantitative estimate of drug-likeness (QED) is 0.769. The van der Waals surface area contributed by atoms with E-state index in [0.29, 0.717) is 11.8 Å². The van der Waals surface area contributed by atoms with E-state index in [2.05, 4.69) is 24.5 Å². The van der Waals surface area contributed by atoms with Gasteiger partial charge >= 0.3 is 6.03 Å². The van der Waals surface area contributed by atoms with E-state index in [1.807, 2.05) is 16.7 Å². The van der Waals surface area contributed by atoms with Crippen LogP contribution in [0.4, 0.5) is 4.79 Å². The second kappa shape index (κ2) is 7.82. The van der Waals surface area contributed by atoms with Crippen LogP contribution in [-0.4, -0.2) is 66.2 Å². The number of thioether (sulfide) groups is 1. The minimum atomic E-state index is -0.0544. The van der Waals surface area contributed by atoms with E-state index in [1.165, 1.54) is 0 Å². The predicted octanol–water partition coefficient (Wildman–Crippen LogP) is 2.23. The molecule has 2 saturated heterocycles. The first-order valence-electron chi connectivity index (χ1n) is 10.5. The van der Waals surface area contributed by atoms with Crippen molar-refractivity contribution in [2.45, 2.75) is 64.1 Å². The Bertz CT molecular complexity index is 571. The highest BCUT2D eigenvalue weighted by Gasteiger charge is 2.59. The molecule has 2 aliphatic heterocycles. The van der Waals surface area contributed by atoms with Gasteiger partial charge in [-0.2, -0.15) is 11.8 Å². The molecule has 4 fully saturated rings. The fourth-order valence-electron chi connectivity index (χ4n) is 5.51. The summed E-state index contributed by atoms with van der Waals surface area (Å²) in [6.07, 6.45) is 4.91. The molecule has 0 bridgehead atoms. The first kappa shape index (κ1) is 19.4. The van der Waals surface area contributed by atoms with Gasteiger partial charge in [0.05, 0.1) is 6.10 Å². The Morgan fingerprint density at radius 3 is 2.44 bits per heavy atom. The molecule has 3 amide bonds. The van der Waals surface area contributed by atoms with E-state index in [1.54, 1.807) is 0 Å². The molecule has 4 rings (SSSR count). The molecule has 0 aromatic heterocycles. The Balaban J connectivity index is 1.21. The van der Waals surface area contributed by atoms with Crippen LogP contribution < -0.4 is 10.6 Å². The van der Waals surface area contributed by atoms with Crippen LogP contribution >= 0.6 is 11.8 Å². The first-order valence-corrected chi connectivity index (χ1v) is 11.7. The maximum absolute atomic E-state index is 12.7. The zero-order valence-corrected chi connectivity index (χ0v) is 17.4. The first-order chi connectivity index (χ1) is 13.0. The molecule has 0 unspecified atom stereocenters. The van der Waals surface area contributed by atoms with Gasteiger partial charge in [0.1, 0.15) is 0 Å². The number of nitrogens with one attached hydrogen (secondary N) is 2. The second-order valence-corrected chi connectivity index (χ2v) is 10.4. The Kier molecular flexibility index (Phi) is 5.61. The maximum atomic E-state index is 12.7. The van der Waals surface area contributed by atoms with Crippen molar-refractivity contribution in [3.8, 4) is 0 Å². The summed E-state index contributed by atoms with van der Waals surface area (Å²) in [5.74, 6) is 3.07. The van der Waals surface area contributed by atoms with Crippen LogP contribution in [0.1, 0.15) is 46.0 Å². The molecular weight excluding hydrogens is 362 g/mol. The zero-order valence-electron chi connectivity index (χ0n) is 16.5. The smallest absolute Gasteiger partial charge is 0.315 e. The number of fused-ring (bicyclic) bond motifs is 1. The lowest BCUT2D eigenvalue weighted by atomic mass is 9.57. The average molecular weight is 396 g/mol. The van der Waals surface area contributed by atoms with Gasteiger partial charge in [0.2, 0.25) is 5.91 Å². The Morgan fingerprint density at radius 1 is 1.04 bits per heavy atom. The molecule has 0 aromatic carbocycles. The number of amides is 3. The van der Waals surface area contributed by atoms with E-state index in [4.69, 9.17) is 4.74 Å². The van der Waals surface area contributed by atoms with Crippen molar-refractivity contribution in [3.63, 3.8) is 0 Å². The molecule has 2 saturated carbocycles. The normalized spacial score (nSPS) is 37.9. The lowest BCUT2D eigenvalue weighted by molar-refractivity contribution is -0.136. The van der Waals surface area contributed by atoms with Gasteiger partial charge in [0, 0.05) is 60.5 Å². The van der Waals surface area contributed by atoms with E-state index in [9.17, 15) is 9.59 Å². The van der Waals surface area contributed by atoms with Crippen LogP contribution in [0.3, 0.4) is 0 Å². The van der Waals surface area contributed by atoms with Gasteiger partial charge in [0.15, 0.2) is 0 Å². The third-order valence-electron chi connectivity index (χ3n) is 7.12. The molecule has 6 nitrogen and oxygen atoms in total. The fraction of sp³-hybridized carbons (Fsp3) is 0.900. The van der Waals surface area contributed by atoms with Gasteiger partial charge in [-0.3, -0.25) is 4.79 Å². The minimum absolute atomic E-state index is 0.00924.